The first-order valence-corrected chi connectivity index (χ1v) is 13.3. The zero-order chi connectivity index (χ0) is 28.5. The number of piperidine rings is 1. The van der Waals surface area contributed by atoms with Crippen LogP contribution in [0.15, 0.2) is 82.6 Å². The van der Waals surface area contributed by atoms with E-state index in [1.807, 2.05) is 54.6 Å². The van der Waals surface area contributed by atoms with E-state index in [1.165, 1.54) is 6.08 Å². The van der Waals surface area contributed by atoms with Crippen LogP contribution in [0.3, 0.4) is 0 Å². The van der Waals surface area contributed by atoms with Crippen molar-refractivity contribution in [3.8, 4) is 11.5 Å². The lowest BCUT2D eigenvalue weighted by Gasteiger charge is -2.37. The first-order valence-electron chi connectivity index (χ1n) is 13.3. The number of rotatable bonds is 10. The Morgan fingerprint density at radius 2 is 1.77 bits per heavy atom. The van der Waals surface area contributed by atoms with Gasteiger partial charge in [-0.1, -0.05) is 36.4 Å². The molecule has 2 aliphatic rings. The van der Waals surface area contributed by atoms with Crippen molar-refractivity contribution in [2.24, 2.45) is 21.6 Å². The van der Waals surface area contributed by atoms with Crippen molar-refractivity contribution >= 4 is 24.0 Å². The predicted octanol–water partition coefficient (Wildman–Crippen LogP) is 4.17. The van der Waals surface area contributed by atoms with Gasteiger partial charge < -0.3 is 20.7 Å². The van der Waals surface area contributed by atoms with E-state index in [-0.39, 0.29) is 24.8 Å². The number of alkyl halides is 2. The van der Waals surface area contributed by atoms with E-state index in [4.69, 9.17) is 10.5 Å². The number of halogens is 2. The largest absolute Gasteiger partial charge is 0.457 e. The van der Waals surface area contributed by atoms with Gasteiger partial charge in [0.1, 0.15) is 23.2 Å². The number of likely N-dealkylation sites (tertiary alicyclic amines) is 2. The van der Waals surface area contributed by atoms with Crippen molar-refractivity contribution in [2.45, 2.75) is 18.8 Å². The lowest BCUT2D eigenvalue weighted by Crippen LogP contribution is -2.55. The maximum Gasteiger partial charge on any atom is 0.272 e. The maximum absolute atomic E-state index is 12.9. The van der Waals surface area contributed by atoms with Gasteiger partial charge in [-0.25, -0.2) is 13.8 Å². The van der Waals surface area contributed by atoms with Gasteiger partial charge in [-0.15, -0.1) is 0 Å². The van der Waals surface area contributed by atoms with Gasteiger partial charge in [0.25, 0.3) is 5.92 Å². The highest BCUT2D eigenvalue weighted by atomic mass is 19.3. The molecule has 2 fully saturated rings. The van der Waals surface area contributed by atoms with Crippen LogP contribution in [0.1, 0.15) is 18.4 Å². The number of hydrogen-bond acceptors (Lipinski definition) is 6. The highest BCUT2D eigenvalue weighted by molar-refractivity contribution is 6.23. The quantitative estimate of drug-likeness (QED) is 0.263. The summed E-state index contributed by atoms with van der Waals surface area (Å²) in [6.07, 6.45) is 4.83. The molecule has 0 bridgehead atoms. The molecule has 0 aromatic heterocycles. The van der Waals surface area contributed by atoms with Gasteiger partial charge in [0.05, 0.1) is 18.7 Å². The van der Waals surface area contributed by atoms with E-state index in [0.29, 0.717) is 49.3 Å². The molecular formula is C30H36F2N6O2. The molecule has 0 atom stereocenters. The summed E-state index contributed by atoms with van der Waals surface area (Å²) in [5.41, 5.74) is 7.72. The lowest BCUT2D eigenvalue weighted by molar-refractivity contribution is -0.127. The van der Waals surface area contributed by atoms with Crippen LogP contribution in [0, 0.1) is 5.92 Å². The summed E-state index contributed by atoms with van der Waals surface area (Å²) < 4.78 is 31.8. The van der Waals surface area contributed by atoms with E-state index < -0.39 is 5.92 Å². The van der Waals surface area contributed by atoms with E-state index in [9.17, 15) is 13.6 Å². The fourth-order valence-electron chi connectivity index (χ4n) is 4.82. The van der Waals surface area contributed by atoms with Gasteiger partial charge in [0.15, 0.2) is 0 Å². The third-order valence-electron chi connectivity index (χ3n) is 7.03. The van der Waals surface area contributed by atoms with Crippen molar-refractivity contribution in [3.63, 3.8) is 0 Å². The van der Waals surface area contributed by atoms with Crippen LogP contribution >= 0.6 is 0 Å². The zero-order valence-corrected chi connectivity index (χ0v) is 22.7. The van der Waals surface area contributed by atoms with E-state index >= 15 is 0 Å². The lowest BCUT2D eigenvalue weighted by atomic mass is 9.96. The molecule has 40 heavy (non-hydrogen) atoms. The summed E-state index contributed by atoms with van der Waals surface area (Å²) in [6.45, 7) is 5.41. The fraction of sp³-hybridized carbons (Fsp3) is 0.367. The first-order chi connectivity index (χ1) is 19.3. The van der Waals surface area contributed by atoms with Crippen LogP contribution in [-0.4, -0.2) is 80.5 Å². The van der Waals surface area contributed by atoms with Crippen LogP contribution < -0.4 is 15.8 Å². The molecule has 212 valence electrons. The maximum atomic E-state index is 12.9. The van der Waals surface area contributed by atoms with Gasteiger partial charge in [0.2, 0.25) is 5.91 Å². The van der Waals surface area contributed by atoms with Crippen LogP contribution in [0.5, 0.6) is 11.5 Å². The summed E-state index contributed by atoms with van der Waals surface area (Å²) in [4.78, 5) is 24.3. The number of para-hydroxylation sites is 1. The Kier molecular flexibility index (Phi) is 9.65. The summed E-state index contributed by atoms with van der Waals surface area (Å²) in [7, 11) is 1.69. The minimum absolute atomic E-state index is 0.0794. The number of amidine groups is 1. The molecule has 0 unspecified atom stereocenters. The number of carbonyl (C=O) groups excluding carboxylic acids is 1. The number of carbonyl (C=O) groups is 1. The van der Waals surface area contributed by atoms with Crippen molar-refractivity contribution in [2.75, 3.05) is 46.3 Å². The van der Waals surface area contributed by atoms with Gasteiger partial charge >= 0.3 is 0 Å². The van der Waals surface area contributed by atoms with Gasteiger partial charge in [-0.2, -0.15) is 0 Å². The van der Waals surface area contributed by atoms with Crippen molar-refractivity contribution < 1.29 is 18.3 Å². The molecule has 0 aliphatic carbocycles. The number of benzene rings is 2. The minimum Gasteiger partial charge on any atom is -0.457 e. The molecule has 3 N–H and O–H groups in total. The second-order valence-corrected chi connectivity index (χ2v) is 10.0. The molecule has 0 spiro atoms. The Balaban J connectivity index is 1.29. The normalized spacial score (nSPS) is 18.7. The smallest absolute Gasteiger partial charge is 0.272 e. The van der Waals surface area contributed by atoms with E-state index in [1.54, 1.807) is 22.9 Å². The summed E-state index contributed by atoms with van der Waals surface area (Å²) in [5.74, 6) is -0.0150. The molecule has 4 rings (SSSR count). The standard InChI is InChI=1S/C30H36F2N6O2/c1-34-28(33)27(23-10-12-25(13-11-23)40-24-7-4-3-5-8-24)29(35-2)36-19-22-14-17-38(18-15-22)26(39)9-6-16-37-20-30(31,32)21-37/h3-13,22H,1,14-21,33H2,2H3,(H,35,36)/b9-6+,28-27-. The molecule has 2 aliphatic heterocycles. The predicted molar refractivity (Wildman–Crippen MR) is 155 cm³/mol. The zero-order valence-electron chi connectivity index (χ0n) is 22.7. The molecule has 0 saturated carbocycles. The molecule has 2 aromatic rings. The third-order valence-corrected chi connectivity index (χ3v) is 7.03. The molecule has 0 radical (unpaired) electrons. The van der Waals surface area contributed by atoms with E-state index in [0.717, 1.165) is 24.2 Å². The summed E-state index contributed by atoms with van der Waals surface area (Å²) in [5, 5.41) is 3.43. The monoisotopic (exact) mass is 550 g/mol. The Labute approximate surface area is 233 Å². The van der Waals surface area contributed by atoms with Gasteiger partial charge in [-0.05, 0) is 55.3 Å². The molecule has 2 saturated heterocycles. The molecule has 10 heteroatoms. The first kappa shape index (κ1) is 28.9. The third kappa shape index (κ3) is 7.75. The highest BCUT2D eigenvalue weighted by Crippen LogP contribution is 2.27. The van der Waals surface area contributed by atoms with E-state index in [2.05, 4.69) is 22.0 Å². The summed E-state index contributed by atoms with van der Waals surface area (Å²) >= 11 is 0. The second kappa shape index (κ2) is 13.3. The fourth-order valence-corrected chi connectivity index (χ4v) is 4.82. The average molecular weight is 551 g/mol. The number of nitrogens with one attached hydrogen (secondary N) is 1. The number of aliphatic imine (C=N–C) groups is 2. The number of hydrogen-bond donors (Lipinski definition) is 2. The van der Waals surface area contributed by atoms with Crippen molar-refractivity contribution in [1.82, 2.24) is 15.1 Å². The Morgan fingerprint density at radius 3 is 2.38 bits per heavy atom. The molecule has 2 aromatic carbocycles. The van der Waals surface area contributed by atoms with Crippen molar-refractivity contribution in [1.29, 1.82) is 0 Å². The SMILES string of the molecule is C=N/C(N)=C(\C(=N/C)NCC1CCN(C(=O)/C=C/CN2CC(F)(F)C2)CC1)c1ccc(Oc2ccccc2)cc1. The highest BCUT2D eigenvalue weighted by Gasteiger charge is 2.42. The number of ether oxygens (including phenoxy) is 1. The topological polar surface area (TPSA) is 95.5 Å². The van der Waals surface area contributed by atoms with Crippen LogP contribution in [0.2, 0.25) is 0 Å². The number of nitrogens with two attached hydrogens (primary N) is 1. The number of amides is 1. The molecule has 1 amide bonds. The van der Waals surface area contributed by atoms with Crippen LogP contribution in [0.25, 0.3) is 5.57 Å². The second-order valence-electron chi connectivity index (χ2n) is 10.0. The van der Waals surface area contributed by atoms with Gasteiger partial charge in [0, 0.05) is 39.3 Å². The molecule has 2 heterocycles. The Bertz CT molecular complexity index is 1240. The van der Waals surface area contributed by atoms with Crippen LogP contribution in [-0.2, 0) is 4.79 Å². The Morgan fingerprint density at radius 1 is 1.12 bits per heavy atom. The van der Waals surface area contributed by atoms with Crippen LogP contribution in [0.4, 0.5) is 8.78 Å². The average Bonchev–Trinajstić information content (AvgIpc) is 2.95. The van der Waals surface area contributed by atoms with Gasteiger partial charge in [-0.3, -0.25) is 14.7 Å². The van der Waals surface area contributed by atoms with Crippen molar-refractivity contribution in [3.05, 3.63) is 78.1 Å². The minimum atomic E-state index is -2.59. The molecular weight excluding hydrogens is 514 g/mol. The Hall–Kier alpha value is -4.05. The number of nitrogens with zero attached hydrogens (tertiary/aromatic N) is 4. The summed E-state index contributed by atoms with van der Waals surface area (Å²) in [6, 6.07) is 17.1. The molecule has 8 nitrogen and oxygen atoms in total.